The van der Waals surface area contributed by atoms with E-state index in [1.807, 2.05) is 27.7 Å². The first-order chi connectivity index (χ1) is 11.9. The Balaban J connectivity index is 0.000000214. The molecular weight excluding hydrogens is 304 g/mol. The van der Waals surface area contributed by atoms with Crippen molar-refractivity contribution in [2.45, 2.75) is 81.1 Å². The lowest BCUT2D eigenvalue weighted by atomic mass is 9.67. The zero-order chi connectivity index (χ0) is 19.0. The van der Waals surface area contributed by atoms with Crippen LogP contribution in [0.5, 0.6) is 0 Å². The average molecular weight is 353 g/mol. The molecule has 0 spiro atoms. The van der Waals surface area contributed by atoms with Crippen molar-refractivity contribution in [1.82, 2.24) is 9.80 Å². The lowest BCUT2D eigenvalue weighted by Gasteiger charge is -2.50. The van der Waals surface area contributed by atoms with Gasteiger partial charge in [0.05, 0.1) is 0 Å². The van der Waals surface area contributed by atoms with Crippen LogP contribution in [-0.4, -0.2) is 49.1 Å². The molecule has 6 rings (SSSR count). The van der Waals surface area contributed by atoms with Crippen LogP contribution in [0.1, 0.15) is 81.1 Å². The molecule has 6 heterocycles. The first-order valence-corrected chi connectivity index (χ1v) is 11.4. The van der Waals surface area contributed by atoms with Crippen LogP contribution in [0.25, 0.3) is 0 Å². The van der Waals surface area contributed by atoms with E-state index in [4.69, 9.17) is 0 Å². The SMILES string of the molecule is CC.CC.CC(C)(C)C1CN2CCC1CC2.C[C@H]1CN2CCC1CC2. The van der Waals surface area contributed by atoms with Crippen molar-refractivity contribution in [2.24, 2.45) is 29.1 Å². The number of rotatable bonds is 0. The second-order valence-corrected chi connectivity index (χ2v) is 9.23. The molecule has 6 saturated heterocycles. The van der Waals surface area contributed by atoms with E-state index in [2.05, 4.69) is 37.5 Å². The van der Waals surface area contributed by atoms with Gasteiger partial charge < -0.3 is 9.80 Å². The number of hydrogen-bond acceptors (Lipinski definition) is 2. The third-order valence-electron chi connectivity index (χ3n) is 6.75. The monoisotopic (exact) mass is 352 g/mol. The van der Waals surface area contributed by atoms with Gasteiger partial charge in [0.2, 0.25) is 0 Å². The minimum absolute atomic E-state index is 0.532. The molecule has 0 aromatic rings. The summed E-state index contributed by atoms with van der Waals surface area (Å²) in [6.07, 6.45) is 5.87. The Morgan fingerprint density at radius 3 is 1.20 bits per heavy atom. The molecule has 2 atom stereocenters. The van der Waals surface area contributed by atoms with Crippen LogP contribution >= 0.6 is 0 Å². The molecule has 2 nitrogen and oxygen atoms in total. The lowest BCUT2D eigenvalue weighted by molar-refractivity contribution is -0.00555. The summed E-state index contributed by atoms with van der Waals surface area (Å²) in [6.45, 7) is 25.9. The number of fused-ring (bicyclic) bond motifs is 6. The Kier molecular flexibility index (Phi) is 10.0. The van der Waals surface area contributed by atoms with Crippen molar-refractivity contribution in [2.75, 3.05) is 39.3 Å². The summed E-state index contributed by atoms with van der Waals surface area (Å²) in [7, 11) is 0. The maximum absolute atomic E-state index is 2.65. The molecule has 0 amide bonds. The molecule has 0 radical (unpaired) electrons. The Hall–Kier alpha value is -0.0800. The molecule has 0 aromatic heterocycles. The third-order valence-corrected chi connectivity index (χ3v) is 6.75. The number of hydrogen-bond donors (Lipinski definition) is 0. The molecule has 0 aromatic carbocycles. The molecule has 150 valence electrons. The lowest BCUT2D eigenvalue weighted by Crippen LogP contribution is -2.51. The number of piperidine rings is 6. The Morgan fingerprint density at radius 1 is 0.640 bits per heavy atom. The predicted molar refractivity (Wildman–Crippen MR) is 113 cm³/mol. The Morgan fingerprint density at radius 2 is 1.04 bits per heavy atom. The molecule has 6 aliphatic rings. The van der Waals surface area contributed by atoms with E-state index in [0.717, 1.165) is 23.7 Å². The molecule has 0 saturated carbocycles. The number of nitrogens with zero attached hydrogens (tertiary/aromatic N) is 2. The molecule has 0 N–H and O–H groups in total. The molecule has 2 heteroatoms. The van der Waals surface area contributed by atoms with E-state index in [0.29, 0.717) is 5.41 Å². The van der Waals surface area contributed by atoms with Gasteiger partial charge in [0.25, 0.3) is 0 Å². The van der Waals surface area contributed by atoms with Gasteiger partial charge in [-0.2, -0.15) is 0 Å². The highest BCUT2D eigenvalue weighted by Gasteiger charge is 2.39. The fourth-order valence-electron chi connectivity index (χ4n) is 5.21. The van der Waals surface area contributed by atoms with Gasteiger partial charge in [-0.05, 0) is 80.9 Å². The fourth-order valence-corrected chi connectivity index (χ4v) is 5.21. The van der Waals surface area contributed by atoms with Crippen molar-refractivity contribution < 1.29 is 0 Å². The summed E-state index contributed by atoms with van der Waals surface area (Å²) in [6, 6.07) is 0. The van der Waals surface area contributed by atoms with E-state index in [1.54, 1.807) is 0 Å². The zero-order valence-corrected chi connectivity index (χ0v) is 18.8. The normalized spacial score (nSPS) is 38.4. The van der Waals surface area contributed by atoms with Crippen LogP contribution in [0.3, 0.4) is 0 Å². The highest BCUT2D eigenvalue weighted by molar-refractivity contribution is 4.91. The van der Waals surface area contributed by atoms with Gasteiger partial charge in [0.15, 0.2) is 0 Å². The van der Waals surface area contributed by atoms with Gasteiger partial charge in [0, 0.05) is 13.1 Å². The van der Waals surface area contributed by atoms with Gasteiger partial charge >= 0.3 is 0 Å². The van der Waals surface area contributed by atoms with Crippen molar-refractivity contribution in [1.29, 1.82) is 0 Å². The fraction of sp³-hybridized carbons (Fsp3) is 1.00. The summed E-state index contributed by atoms with van der Waals surface area (Å²) in [5.41, 5.74) is 0.532. The Labute approximate surface area is 159 Å². The van der Waals surface area contributed by atoms with Crippen molar-refractivity contribution in [3.05, 3.63) is 0 Å². The van der Waals surface area contributed by atoms with Crippen LogP contribution in [0.15, 0.2) is 0 Å². The minimum Gasteiger partial charge on any atom is -0.303 e. The molecule has 6 fully saturated rings. The first kappa shape index (κ1) is 23.0. The highest BCUT2D eigenvalue weighted by atomic mass is 15.2. The van der Waals surface area contributed by atoms with Crippen LogP contribution in [0.2, 0.25) is 0 Å². The maximum Gasteiger partial charge on any atom is 0.00173 e. The summed E-state index contributed by atoms with van der Waals surface area (Å²) in [5.74, 6) is 4.07. The molecule has 0 aliphatic carbocycles. The van der Waals surface area contributed by atoms with Crippen LogP contribution in [0, 0.1) is 29.1 Å². The second kappa shape index (κ2) is 10.9. The van der Waals surface area contributed by atoms with E-state index in [-0.39, 0.29) is 0 Å². The van der Waals surface area contributed by atoms with Gasteiger partial charge in [0.1, 0.15) is 0 Å². The zero-order valence-electron chi connectivity index (χ0n) is 18.8. The minimum atomic E-state index is 0.532. The van der Waals surface area contributed by atoms with Gasteiger partial charge in [-0.25, -0.2) is 0 Å². The molecular formula is C23H48N2. The first-order valence-electron chi connectivity index (χ1n) is 11.4. The van der Waals surface area contributed by atoms with Crippen molar-refractivity contribution >= 4 is 0 Å². The average Bonchev–Trinajstić information content (AvgIpc) is 2.67. The Bertz CT molecular complexity index is 330. The van der Waals surface area contributed by atoms with Gasteiger partial charge in [-0.15, -0.1) is 0 Å². The van der Waals surface area contributed by atoms with E-state index in [1.165, 1.54) is 65.0 Å². The summed E-state index contributed by atoms with van der Waals surface area (Å²) in [4.78, 5) is 5.25. The molecule has 25 heavy (non-hydrogen) atoms. The molecule has 4 bridgehead atoms. The quantitative estimate of drug-likeness (QED) is 0.545. The summed E-state index contributed by atoms with van der Waals surface area (Å²) in [5, 5.41) is 0. The van der Waals surface area contributed by atoms with E-state index in [9.17, 15) is 0 Å². The van der Waals surface area contributed by atoms with Crippen molar-refractivity contribution in [3.8, 4) is 0 Å². The van der Waals surface area contributed by atoms with Crippen LogP contribution in [-0.2, 0) is 0 Å². The molecule has 1 unspecified atom stereocenters. The van der Waals surface area contributed by atoms with Gasteiger partial charge in [-0.1, -0.05) is 55.4 Å². The third kappa shape index (κ3) is 6.54. The summed E-state index contributed by atoms with van der Waals surface area (Å²) >= 11 is 0. The highest BCUT2D eigenvalue weighted by Crippen LogP contribution is 2.42. The maximum atomic E-state index is 2.65. The van der Waals surface area contributed by atoms with Crippen LogP contribution in [0.4, 0.5) is 0 Å². The molecule has 6 aliphatic heterocycles. The predicted octanol–water partition coefficient (Wildman–Crippen LogP) is 5.77. The second-order valence-electron chi connectivity index (χ2n) is 9.23. The standard InChI is InChI=1S/C11H21N.C8H15N.2C2H6/c1-11(2,3)10-8-12-6-4-9(10)5-7-12;1-7-6-9-4-2-8(7)3-5-9;2*1-2/h9-10H,4-8H2,1-3H3;7-8H,2-6H2,1H3;2*1-2H3/t;7-;;/m.0../s1. The van der Waals surface area contributed by atoms with Crippen LogP contribution < -0.4 is 0 Å². The van der Waals surface area contributed by atoms with Crippen molar-refractivity contribution in [3.63, 3.8) is 0 Å². The smallest absolute Gasteiger partial charge is 0.00173 e. The van der Waals surface area contributed by atoms with E-state index >= 15 is 0 Å². The summed E-state index contributed by atoms with van der Waals surface area (Å²) < 4.78 is 0. The topological polar surface area (TPSA) is 6.48 Å². The van der Waals surface area contributed by atoms with E-state index < -0.39 is 0 Å². The largest absolute Gasteiger partial charge is 0.303 e. The van der Waals surface area contributed by atoms with Gasteiger partial charge in [-0.3, -0.25) is 0 Å².